The van der Waals surface area contributed by atoms with Crippen LogP contribution in [0.25, 0.3) is 0 Å². The number of fused-ring (bicyclic) bond motifs is 1. The summed E-state index contributed by atoms with van der Waals surface area (Å²) in [6.07, 6.45) is 3.44. The maximum absolute atomic E-state index is 12.7. The first kappa shape index (κ1) is 23.3. The van der Waals surface area contributed by atoms with Gasteiger partial charge in [-0.2, -0.15) is 0 Å². The van der Waals surface area contributed by atoms with E-state index in [2.05, 4.69) is 26.6 Å². The van der Waals surface area contributed by atoms with Crippen LogP contribution in [0.15, 0.2) is 60.8 Å². The van der Waals surface area contributed by atoms with E-state index >= 15 is 0 Å². The third-order valence-corrected chi connectivity index (χ3v) is 7.48. The molecule has 2 fully saturated rings. The first-order valence-corrected chi connectivity index (χ1v) is 12.5. The summed E-state index contributed by atoms with van der Waals surface area (Å²) in [4.78, 5) is 45.3. The lowest BCUT2D eigenvalue weighted by atomic mass is 9.92. The van der Waals surface area contributed by atoms with Crippen LogP contribution in [-0.4, -0.2) is 41.5 Å². The van der Waals surface area contributed by atoms with E-state index in [1.54, 1.807) is 23.2 Å². The van der Waals surface area contributed by atoms with Gasteiger partial charge in [0.2, 0.25) is 5.88 Å². The van der Waals surface area contributed by atoms with Crippen molar-refractivity contribution >= 4 is 40.8 Å². The number of ether oxygens (including phenoxy) is 1. The number of hydrogen-bond donors (Lipinski definition) is 2. The van der Waals surface area contributed by atoms with Crippen molar-refractivity contribution in [2.45, 2.75) is 31.3 Å². The van der Waals surface area contributed by atoms with Gasteiger partial charge in [0, 0.05) is 36.4 Å². The van der Waals surface area contributed by atoms with E-state index in [4.69, 9.17) is 16.3 Å². The van der Waals surface area contributed by atoms with Crippen LogP contribution in [0, 0.1) is 0 Å². The Balaban J connectivity index is 1.16. The van der Waals surface area contributed by atoms with Gasteiger partial charge in [0.25, 0.3) is 11.8 Å². The molecule has 0 radical (unpaired) electrons. The van der Waals surface area contributed by atoms with Gasteiger partial charge < -0.3 is 14.5 Å². The Morgan fingerprint density at radius 3 is 2.38 bits per heavy atom. The molecular weight excluding hydrogens is 494 g/mol. The van der Waals surface area contributed by atoms with Crippen molar-refractivity contribution in [2.24, 2.45) is 0 Å². The average molecular weight is 518 g/mol. The van der Waals surface area contributed by atoms with E-state index in [-0.39, 0.29) is 0 Å². The van der Waals surface area contributed by atoms with Crippen LogP contribution in [0.3, 0.4) is 0 Å². The molecule has 0 saturated carbocycles. The Kier molecular flexibility index (Phi) is 5.72. The number of nitrogens with zero attached hydrogens (tertiary/aromatic N) is 3. The second-order valence-electron chi connectivity index (χ2n) is 9.39. The van der Waals surface area contributed by atoms with E-state index in [0.29, 0.717) is 36.7 Å². The fourth-order valence-electron chi connectivity index (χ4n) is 5.37. The Morgan fingerprint density at radius 1 is 0.892 bits per heavy atom. The zero-order valence-electron chi connectivity index (χ0n) is 19.9. The highest BCUT2D eigenvalue weighted by molar-refractivity contribution is 6.30. The molecule has 1 spiro atoms. The number of benzene rings is 2. The third kappa shape index (κ3) is 4.15. The number of anilines is 2. The molecule has 4 heterocycles. The minimum Gasteiger partial charge on any atom is -0.439 e. The lowest BCUT2D eigenvalue weighted by Gasteiger charge is -2.38. The minimum atomic E-state index is -1.45. The standard InChI is InChI=1S/C27H24ClN5O4/c28-19-3-5-20(6-4-19)32-13-10-17-14-22(8-2-18(17)16-32)37-23-9-7-21(15-29-23)33-12-1-11-27(33)24(34)30-26(36)31-25(27)35/h2-9,14-15H,1,10-13,16H2,(H2,30,31,34,35,36). The lowest BCUT2D eigenvalue weighted by Crippen LogP contribution is -2.71. The first-order valence-electron chi connectivity index (χ1n) is 12.1. The van der Waals surface area contributed by atoms with Gasteiger partial charge in [0.15, 0.2) is 5.54 Å². The number of amides is 4. The molecule has 0 aliphatic carbocycles. The Bertz CT molecular complexity index is 1370. The van der Waals surface area contributed by atoms with E-state index in [1.807, 2.05) is 36.4 Å². The van der Waals surface area contributed by atoms with E-state index in [0.717, 1.165) is 30.2 Å². The lowest BCUT2D eigenvalue weighted by molar-refractivity contribution is -0.137. The van der Waals surface area contributed by atoms with Crippen LogP contribution in [0.5, 0.6) is 11.6 Å². The summed E-state index contributed by atoms with van der Waals surface area (Å²) in [6, 6.07) is 16.6. The van der Waals surface area contributed by atoms with E-state index < -0.39 is 23.4 Å². The fraction of sp³-hybridized carbons (Fsp3) is 0.259. The largest absolute Gasteiger partial charge is 0.439 e. The summed E-state index contributed by atoms with van der Waals surface area (Å²) in [5.74, 6) is -0.116. The van der Waals surface area contributed by atoms with Crippen molar-refractivity contribution in [3.05, 3.63) is 76.9 Å². The molecular formula is C27H24ClN5O4. The maximum atomic E-state index is 12.7. The Hall–Kier alpha value is -4.11. The van der Waals surface area contributed by atoms with Crippen molar-refractivity contribution in [1.82, 2.24) is 15.6 Å². The van der Waals surface area contributed by atoms with Gasteiger partial charge >= 0.3 is 6.03 Å². The zero-order chi connectivity index (χ0) is 25.6. The van der Waals surface area contributed by atoms with Gasteiger partial charge in [-0.1, -0.05) is 17.7 Å². The van der Waals surface area contributed by atoms with Gasteiger partial charge in [0.05, 0.1) is 11.9 Å². The van der Waals surface area contributed by atoms with E-state index in [9.17, 15) is 14.4 Å². The van der Waals surface area contributed by atoms with Crippen molar-refractivity contribution in [3.63, 3.8) is 0 Å². The summed E-state index contributed by atoms with van der Waals surface area (Å²) in [6.45, 7) is 2.21. The monoisotopic (exact) mass is 517 g/mol. The molecule has 2 N–H and O–H groups in total. The van der Waals surface area contributed by atoms with Gasteiger partial charge in [-0.25, -0.2) is 9.78 Å². The summed E-state index contributed by atoms with van der Waals surface area (Å²) in [5, 5.41) is 5.17. The van der Waals surface area contributed by atoms with Crippen LogP contribution in [0.1, 0.15) is 24.0 Å². The second-order valence-corrected chi connectivity index (χ2v) is 9.82. The summed E-state index contributed by atoms with van der Waals surface area (Å²) in [7, 11) is 0. The minimum absolute atomic E-state index is 0.320. The molecule has 6 rings (SSSR count). The van der Waals surface area contributed by atoms with E-state index in [1.165, 1.54) is 11.1 Å². The molecule has 9 nitrogen and oxygen atoms in total. The maximum Gasteiger partial charge on any atom is 0.328 e. The number of nitrogens with one attached hydrogen (secondary N) is 2. The molecule has 0 atom stereocenters. The quantitative estimate of drug-likeness (QED) is 0.507. The number of urea groups is 1. The molecule has 10 heteroatoms. The SMILES string of the molecule is O=C1NC(=O)C2(CCCN2c2ccc(Oc3ccc4c(c3)CCN(c3ccc(Cl)cc3)C4)nc2)C(=O)N1. The highest BCUT2D eigenvalue weighted by Crippen LogP contribution is 2.37. The molecule has 188 valence electrons. The number of barbiturate groups is 1. The molecule has 2 saturated heterocycles. The number of rotatable bonds is 4. The van der Waals surface area contributed by atoms with Crippen LogP contribution in [0.4, 0.5) is 16.2 Å². The van der Waals surface area contributed by atoms with Crippen molar-refractivity contribution in [1.29, 1.82) is 0 Å². The zero-order valence-corrected chi connectivity index (χ0v) is 20.6. The molecule has 0 unspecified atom stereocenters. The van der Waals surface area contributed by atoms with Crippen molar-refractivity contribution < 1.29 is 19.1 Å². The molecule has 2 aromatic carbocycles. The molecule has 4 amide bonds. The van der Waals surface area contributed by atoms with Crippen LogP contribution >= 0.6 is 11.6 Å². The predicted molar refractivity (Wildman–Crippen MR) is 138 cm³/mol. The van der Waals surface area contributed by atoms with Gasteiger partial charge in [-0.3, -0.25) is 20.2 Å². The molecule has 0 bridgehead atoms. The normalized spacial score (nSPS) is 18.5. The number of carbonyl (C=O) groups excluding carboxylic acids is 3. The van der Waals surface area contributed by atoms with Crippen LogP contribution in [-0.2, 0) is 22.6 Å². The topological polar surface area (TPSA) is 104 Å². The van der Waals surface area contributed by atoms with Crippen LogP contribution < -0.4 is 25.2 Å². The summed E-state index contributed by atoms with van der Waals surface area (Å²) in [5.41, 5.74) is 2.79. The first-order chi connectivity index (χ1) is 17.9. The number of imide groups is 2. The Labute approximate surface area is 218 Å². The molecule has 37 heavy (non-hydrogen) atoms. The summed E-state index contributed by atoms with van der Waals surface area (Å²) < 4.78 is 6.02. The average Bonchev–Trinajstić information content (AvgIpc) is 3.34. The highest BCUT2D eigenvalue weighted by atomic mass is 35.5. The predicted octanol–water partition coefficient (Wildman–Crippen LogP) is 3.80. The number of pyridine rings is 1. The number of carbonyl (C=O) groups is 3. The van der Waals surface area contributed by atoms with Gasteiger partial charge in [-0.15, -0.1) is 0 Å². The number of hydrogen-bond acceptors (Lipinski definition) is 7. The highest BCUT2D eigenvalue weighted by Gasteiger charge is 2.57. The summed E-state index contributed by atoms with van der Waals surface area (Å²) >= 11 is 6.02. The van der Waals surface area contributed by atoms with Crippen molar-refractivity contribution in [3.8, 4) is 11.6 Å². The molecule has 3 aliphatic heterocycles. The Morgan fingerprint density at radius 2 is 1.65 bits per heavy atom. The van der Waals surface area contributed by atoms with Gasteiger partial charge in [-0.05, 0) is 72.9 Å². The third-order valence-electron chi connectivity index (χ3n) is 7.22. The van der Waals surface area contributed by atoms with Gasteiger partial charge in [0.1, 0.15) is 5.75 Å². The molecule has 3 aromatic rings. The van der Waals surface area contributed by atoms with Crippen molar-refractivity contribution in [2.75, 3.05) is 22.9 Å². The fourth-order valence-corrected chi connectivity index (χ4v) is 5.49. The molecule has 3 aliphatic rings. The second kappa shape index (κ2) is 9.08. The smallest absolute Gasteiger partial charge is 0.328 e. The number of halogens is 1. The number of aromatic nitrogens is 1. The van der Waals surface area contributed by atoms with Crippen LogP contribution in [0.2, 0.25) is 5.02 Å². The molecule has 1 aromatic heterocycles.